The number of hydrogen-bond donors (Lipinski definition) is 1. The molecule has 3 rings (SSSR count). The predicted molar refractivity (Wildman–Crippen MR) is 80.9 cm³/mol. The molecule has 1 aromatic carbocycles. The first-order valence-electron chi connectivity index (χ1n) is 5.88. The average Bonchev–Trinajstić information content (AvgIpc) is 2.69. The summed E-state index contributed by atoms with van der Waals surface area (Å²) in [6.07, 6.45) is 1.32. The number of nitrogens with one attached hydrogen (secondary N) is 1. The Morgan fingerprint density at radius 2 is 1.90 bits per heavy atom. The summed E-state index contributed by atoms with van der Waals surface area (Å²) < 4.78 is 0.520. The molecule has 0 fully saturated rings. The van der Waals surface area contributed by atoms with E-state index in [0.717, 1.165) is 4.90 Å². The number of hydrogen-bond acceptors (Lipinski definition) is 5. The molecule has 0 unspecified atom stereocenters. The van der Waals surface area contributed by atoms with Crippen LogP contribution in [0, 0.1) is 0 Å². The van der Waals surface area contributed by atoms with Crippen LogP contribution in [0.5, 0.6) is 0 Å². The summed E-state index contributed by atoms with van der Waals surface area (Å²) in [5, 5.41) is 3.31. The first kappa shape index (κ1) is 14.0. The van der Waals surface area contributed by atoms with E-state index in [4.69, 9.17) is 11.6 Å². The van der Waals surface area contributed by atoms with E-state index in [2.05, 4.69) is 31.2 Å². The molecule has 0 atom stereocenters. The Morgan fingerprint density at radius 3 is 2.67 bits per heavy atom. The molecule has 1 aliphatic heterocycles. The number of imide groups is 1. The Kier molecular flexibility index (Phi) is 3.38. The monoisotopic (exact) mass is 366 g/mol. The minimum Gasteiger partial charge on any atom is -0.339 e. The van der Waals surface area contributed by atoms with Crippen molar-refractivity contribution in [1.29, 1.82) is 0 Å². The van der Waals surface area contributed by atoms with Gasteiger partial charge in [0.2, 0.25) is 0 Å². The largest absolute Gasteiger partial charge is 0.339 e. The SMILES string of the molecule is CN1C(=O)c2ccc(Nc3ncnc(Cl)c3Br)cc2C1=O. The first-order chi connectivity index (χ1) is 9.99. The number of aromatic nitrogens is 2. The molecule has 2 heterocycles. The quantitative estimate of drug-likeness (QED) is 0.652. The molecular formula is C13H8BrClN4O2. The molecule has 0 spiro atoms. The van der Waals surface area contributed by atoms with E-state index in [-0.39, 0.29) is 17.0 Å². The number of fused-ring (bicyclic) bond motifs is 1. The molecule has 8 heteroatoms. The molecular weight excluding hydrogens is 360 g/mol. The standard InChI is InChI=1S/C13H8BrClN4O2/c1-19-12(20)7-3-2-6(4-8(7)13(19)21)18-11-9(14)10(15)16-5-17-11/h2-5H,1H3,(H,16,17,18). The van der Waals surface area contributed by atoms with Crippen molar-refractivity contribution >= 4 is 50.9 Å². The van der Waals surface area contributed by atoms with Crippen molar-refractivity contribution < 1.29 is 9.59 Å². The lowest BCUT2D eigenvalue weighted by molar-refractivity contribution is 0.0693. The molecule has 1 aliphatic rings. The molecule has 0 bridgehead atoms. The maximum Gasteiger partial charge on any atom is 0.261 e. The number of carbonyl (C=O) groups is 2. The molecule has 0 saturated heterocycles. The second-order valence-electron chi connectivity index (χ2n) is 4.38. The number of anilines is 2. The van der Waals surface area contributed by atoms with E-state index in [0.29, 0.717) is 27.1 Å². The van der Waals surface area contributed by atoms with Crippen LogP contribution in [0.25, 0.3) is 0 Å². The minimum absolute atomic E-state index is 0.277. The summed E-state index contributed by atoms with van der Waals surface area (Å²) in [4.78, 5) is 32.8. The Hall–Kier alpha value is -1.99. The van der Waals surface area contributed by atoms with E-state index >= 15 is 0 Å². The highest BCUT2D eigenvalue weighted by atomic mass is 79.9. The topological polar surface area (TPSA) is 75.2 Å². The van der Waals surface area contributed by atoms with Gasteiger partial charge in [0, 0.05) is 12.7 Å². The summed E-state index contributed by atoms with van der Waals surface area (Å²) in [6.45, 7) is 0. The lowest BCUT2D eigenvalue weighted by atomic mass is 10.1. The van der Waals surface area contributed by atoms with Crippen LogP contribution in [0.3, 0.4) is 0 Å². The zero-order valence-corrected chi connectivity index (χ0v) is 13.1. The highest BCUT2D eigenvalue weighted by Crippen LogP contribution is 2.30. The van der Waals surface area contributed by atoms with E-state index < -0.39 is 0 Å². The van der Waals surface area contributed by atoms with E-state index in [1.54, 1.807) is 18.2 Å². The third kappa shape index (κ3) is 2.28. The van der Waals surface area contributed by atoms with Crippen molar-refractivity contribution in [3.63, 3.8) is 0 Å². The second-order valence-corrected chi connectivity index (χ2v) is 5.53. The molecule has 0 radical (unpaired) electrons. The average molecular weight is 368 g/mol. The fourth-order valence-electron chi connectivity index (χ4n) is 2.01. The third-order valence-electron chi connectivity index (χ3n) is 3.10. The Morgan fingerprint density at radius 1 is 1.19 bits per heavy atom. The van der Waals surface area contributed by atoms with Gasteiger partial charge in [0.05, 0.1) is 15.6 Å². The van der Waals surface area contributed by atoms with Crippen molar-refractivity contribution in [2.24, 2.45) is 0 Å². The fourth-order valence-corrected chi connectivity index (χ4v) is 2.45. The van der Waals surface area contributed by atoms with Crippen LogP contribution in [-0.4, -0.2) is 33.7 Å². The lowest BCUT2D eigenvalue weighted by Gasteiger charge is -2.08. The molecule has 1 N–H and O–H groups in total. The zero-order valence-electron chi connectivity index (χ0n) is 10.7. The Bertz CT molecular complexity index is 781. The number of amides is 2. The van der Waals surface area contributed by atoms with Gasteiger partial charge < -0.3 is 5.32 Å². The summed E-state index contributed by atoms with van der Waals surface area (Å²) in [5.41, 5.74) is 1.39. The van der Waals surface area contributed by atoms with Crippen molar-refractivity contribution in [3.05, 3.63) is 45.3 Å². The molecule has 6 nitrogen and oxygen atoms in total. The maximum absolute atomic E-state index is 12.0. The van der Waals surface area contributed by atoms with Gasteiger partial charge in [-0.15, -0.1) is 0 Å². The van der Waals surface area contributed by atoms with E-state index in [1.165, 1.54) is 13.4 Å². The van der Waals surface area contributed by atoms with Crippen LogP contribution in [0.4, 0.5) is 11.5 Å². The van der Waals surface area contributed by atoms with Crippen LogP contribution in [0.2, 0.25) is 5.15 Å². The van der Waals surface area contributed by atoms with Crippen molar-refractivity contribution in [1.82, 2.24) is 14.9 Å². The summed E-state index contributed by atoms with van der Waals surface area (Å²) in [7, 11) is 1.46. The molecule has 0 saturated carbocycles. The number of benzene rings is 1. The highest BCUT2D eigenvalue weighted by molar-refractivity contribution is 9.10. The normalized spacial score (nSPS) is 13.6. The second kappa shape index (κ2) is 5.09. The molecule has 106 valence electrons. The molecule has 2 aromatic rings. The molecule has 1 aromatic heterocycles. The predicted octanol–water partition coefficient (Wildman–Crippen LogP) is 2.86. The van der Waals surface area contributed by atoms with Crippen LogP contribution < -0.4 is 5.32 Å². The Balaban J connectivity index is 1.98. The van der Waals surface area contributed by atoms with Gasteiger partial charge in [-0.2, -0.15) is 0 Å². The summed E-state index contributed by atoms with van der Waals surface area (Å²) in [6, 6.07) is 4.92. The van der Waals surface area contributed by atoms with Gasteiger partial charge in [-0.05, 0) is 34.1 Å². The number of nitrogens with zero attached hydrogens (tertiary/aromatic N) is 3. The smallest absolute Gasteiger partial charge is 0.261 e. The minimum atomic E-state index is -0.321. The van der Waals surface area contributed by atoms with Crippen molar-refractivity contribution in [3.8, 4) is 0 Å². The fraction of sp³-hybridized carbons (Fsp3) is 0.0769. The zero-order chi connectivity index (χ0) is 15.1. The van der Waals surface area contributed by atoms with Gasteiger partial charge in [-0.25, -0.2) is 9.97 Å². The number of rotatable bonds is 2. The van der Waals surface area contributed by atoms with Gasteiger partial charge >= 0.3 is 0 Å². The number of halogens is 2. The van der Waals surface area contributed by atoms with Gasteiger partial charge in [0.1, 0.15) is 17.3 Å². The van der Waals surface area contributed by atoms with Crippen LogP contribution >= 0.6 is 27.5 Å². The molecule has 21 heavy (non-hydrogen) atoms. The van der Waals surface area contributed by atoms with Crippen LogP contribution in [0.15, 0.2) is 29.0 Å². The van der Waals surface area contributed by atoms with Gasteiger partial charge in [0.15, 0.2) is 0 Å². The lowest BCUT2D eigenvalue weighted by Crippen LogP contribution is -2.24. The van der Waals surface area contributed by atoms with Crippen molar-refractivity contribution in [2.75, 3.05) is 12.4 Å². The van der Waals surface area contributed by atoms with Crippen molar-refractivity contribution in [2.45, 2.75) is 0 Å². The van der Waals surface area contributed by atoms with E-state index in [1.807, 2.05) is 0 Å². The first-order valence-corrected chi connectivity index (χ1v) is 7.05. The van der Waals surface area contributed by atoms with E-state index in [9.17, 15) is 9.59 Å². The van der Waals surface area contributed by atoms with Gasteiger partial charge in [0.25, 0.3) is 11.8 Å². The number of carbonyl (C=O) groups excluding carboxylic acids is 2. The Labute approximate surface area is 133 Å². The van der Waals surface area contributed by atoms with Crippen LogP contribution in [0.1, 0.15) is 20.7 Å². The summed E-state index contributed by atoms with van der Waals surface area (Å²) in [5.74, 6) is -0.147. The summed E-state index contributed by atoms with van der Waals surface area (Å²) >= 11 is 9.17. The maximum atomic E-state index is 12.0. The molecule has 2 amide bonds. The van der Waals surface area contributed by atoms with Gasteiger partial charge in [-0.1, -0.05) is 11.6 Å². The highest BCUT2D eigenvalue weighted by Gasteiger charge is 2.32. The van der Waals surface area contributed by atoms with Crippen LogP contribution in [-0.2, 0) is 0 Å². The van der Waals surface area contributed by atoms with Gasteiger partial charge in [-0.3, -0.25) is 14.5 Å². The third-order valence-corrected chi connectivity index (χ3v) is 4.37. The molecule has 0 aliphatic carbocycles.